The van der Waals surface area contributed by atoms with Crippen molar-refractivity contribution in [2.45, 2.75) is 46.3 Å². The number of aliphatic hydroxyl groups is 1. The maximum atomic E-state index is 16.0. The lowest BCUT2D eigenvalue weighted by molar-refractivity contribution is 0.0665. The summed E-state index contributed by atoms with van der Waals surface area (Å²) in [6.07, 6.45) is 1.22. The Kier molecular flexibility index (Phi) is 7.03. The molecule has 4 heterocycles. The first-order chi connectivity index (χ1) is 19.9. The monoisotopic (exact) mass is 591 g/mol. The van der Waals surface area contributed by atoms with E-state index in [1.165, 1.54) is 30.9 Å². The van der Waals surface area contributed by atoms with Gasteiger partial charge < -0.3 is 15.7 Å². The minimum absolute atomic E-state index is 0.0393. The lowest BCUT2D eigenvalue weighted by Crippen LogP contribution is -2.36. The summed E-state index contributed by atoms with van der Waals surface area (Å²) in [6, 6.07) is 8.39. The summed E-state index contributed by atoms with van der Waals surface area (Å²) in [5.74, 6) is -0.588. The number of fused-ring (bicyclic) bond motifs is 1. The number of nitrogens with zero attached hydrogens (tertiary/aromatic N) is 5. The van der Waals surface area contributed by atoms with E-state index in [2.05, 4.69) is 25.7 Å². The van der Waals surface area contributed by atoms with E-state index in [0.29, 0.717) is 22.7 Å². The number of amides is 1. The first-order valence-electron chi connectivity index (χ1n) is 13.9. The highest BCUT2D eigenvalue weighted by molar-refractivity contribution is 7.14. The van der Waals surface area contributed by atoms with E-state index < -0.39 is 17.8 Å². The van der Waals surface area contributed by atoms with Gasteiger partial charge >= 0.3 is 0 Å². The number of aliphatic hydroxyl groups excluding tert-OH is 1. The van der Waals surface area contributed by atoms with Crippen LogP contribution >= 0.6 is 11.3 Å². The molecule has 3 N–H and O–H groups in total. The number of halogens is 1. The molecule has 220 valence electrons. The summed E-state index contributed by atoms with van der Waals surface area (Å²) in [7, 11) is 3.37. The molecule has 0 saturated carbocycles. The first kappa shape index (κ1) is 28.3. The number of hydrogen-bond donors (Lipinski definition) is 3. The van der Waals surface area contributed by atoms with Crippen LogP contribution in [0.25, 0.3) is 11.3 Å². The molecule has 4 aromatic rings. The predicted octanol–water partition coefficient (Wildman–Crippen LogP) is 4.51. The summed E-state index contributed by atoms with van der Waals surface area (Å²) < 4.78 is 18.9. The second kappa shape index (κ2) is 10.4. The average molecular weight is 592 g/mol. The van der Waals surface area contributed by atoms with Crippen molar-refractivity contribution in [1.29, 1.82) is 0 Å². The van der Waals surface area contributed by atoms with Gasteiger partial charge in [0, 0.05) is 37.1 Å². The second-order valence-electron chi connectivity index (χ2n) is 11.9. The maximum Gasteiger partial charge on any atom is 0.290 e. The highest BCUT2D eigenvalue weighted by atomic mass is 32.1. The van der Waals surface area contributed by atoms with E-state index in [9.17, 15) is 14.7 Å². The third kappa shape index (κ3) is 5.03. The Morgan fingerprint density at radius 3 is 2.62 bits per heavy atom. The van der Waals surface area contributed by atoms with Crippen LogP contribution < -0.4 is 16.2 Å². The normalized spacial score (nSPS) is 17.6. The van der Waals surface area contributed by atoms with Crippen LogP contribution in [0.15, 0.2) is 35.1 Å². The molecular weight excluding hydrogens is 557 g/mol. The number of thiophene rings is 1. The molecule has 1 aliphatic heterocycles. The number of aromatic nitrogens is 4. The fourth-order valence-corrected chi connectivity index (χ4v) is 6.83. The van der Waals surface area contributed by atoms with Crippen LogP contribution in [0.3, 0.4) is 0 Å². The average Bonchev–Trinajstić information content (AvgIpc) is 3.53. The van der Waals surface area contributed by atoms with Crippen molar-refractivity contribution in [1.82, 2.24) is 24.5 Å². The van der Waals surface area contributed by atoms with Crippen molar-refractivity contribution in [2.24, 2.45) is 19.5 Å². The molecule has 42 heavy (non-hydrogen) atoms. The fraction of sp³-hybridized carbons (Fsp3) is 0.400. The number of carbonyl (C=O) groups excluding carboxylic acids is 1. The third-order valence-corrected chi connectivity index (χ3v) is 9.37. The van der Waals surface area contributed by atoms with Gasteiger partial charge in [0.15, 0.2) is 11.6 Å². The van der Waals surface area contributed by atoms with E-state index in [1.54, 1.807) is 29.8 Å². The number of nitrogens with one attached hydrogen (secondary N) is 2. The summed E-state index contributed by atoms with van der Waals surface area (Å²) >= 11 is 1.32. The van der Waals surface area contributed by atoms with Gasteiger partial charge in [-0.2, -0.15) is 10.2 Å². The maximum absolute atomic E-state index is 16.0. The molecule has 1 aliphatic carbocycles. The Labute approximate surface area is 246 Å². The topological polar surface area (TPSA) is 117 Å². The predicted molar refractivity (Wildman–Crippen MR) is 161 cm³/mol. The first-order valence-corrected chi connectivity index (χ1v) is 14.7. The molecule has 1 atom stereocenters. The Hall–Kier alpha value is -3.87. The van der Waals surface area contributed by atoms with Crippen molar-refractivity contribution in [2.75, 3.05) is 23.7 Å². The molecule has 0 bridgehead atoms. The number of rotatable bonds is 7. The van der Waals surface area contributed by atoms with Crippen molar-refractivity contribution >= 4 is 34.4 Å². The van der Waals surface area contributed by atoms with Crippen LogP contribution in [-0.4, -0.2) is 48.6 Å². The lowest BCUT2D eigenvalue weighted by Gasteiger charge is -2.30. The van der Waals surface area contributed by atoms with Gasteiger partial charge in [0.05, 0.1) is 28.1 Å². The SMILES string of the molecule is Cc1ccc(-c2cc(Nc3cc(CN4CCC4)n(C)n3)c(=O)n(C)n2)c(F)c1NC(=O)c1cc2c(s1)CC(C)(C)C2O. The number of aryl methyl sites for hydroxylation is 3. The van der Waals surface area contributed by atoms with Crippen LogP contribution in [0.4, 0.5) is 21.6 Å². The Morgan fingerprint density at radius 1 is 1.17 bits per heavy atom. The van der Waals surface area contributed by atoms with Crippen molar-refractivity contribution < 1.29 is 14.3 Å². The molecule has 2 aliphatic rings. The molecule has 1 fully saturated rings. The number of carbonyl (C=O) groups is 1. The highest BCUT2D eigenvalue weighted by Crippen LogP contribution is 2.48. The van der Waals surface area contributed by atoms with E-state index in [1.807, 2.05) is 27.0 Å². The largest absolute Gasteiger partial charge is 0.388 e. The van der Waals surface area contributed by atoms with Gasteiger partial charge in [0.1, 0.15) is 5.69 Å². The van der Waals surface area contributed by atoms with E-state index >= 15 is 4.39 Å². The standard InChI is InChI=1S/C30H34FN7O3S/c1-16-7-8-18(25(31)26(16)33-28(40)22-12-19-23(42-22)14-30(2,3)27(19)39)20-13-21(29(41)37(5)34-20)32-24-11-17(36(4)35-24)15-38-9-6-10-38/h7-8,11-13,27,39H,6,9-10,14-15H2,1-5H3,(H,32,35)(H,33,40). The minimum Gasteiger partial charge on any atom is -0.388 e. The number of hydrogen-bond acceptors (Lipinski definition) is 8. The van der Waals surface area contributed by atoms with Crippen LogP contribution in [0.1, 0.15) is 57.7 Å². The van der Waals surface area contributed by atoms with Gasteiger partial charge in [-0.3, -0.25) is 19.2 Å². The van der Waals surface area contributed by atoms with Crippen molar-refractivity contribution in [3.05, 3.63) is 73.1 Å². The smallest absolute Gasteiger partial charge is 0.290 e. The zero-order valence-corrected chi connectivity index (χ0v) is 25.1. The molecular formula is C30H34FN7O3S. The molecule has 10 nitrogen and oxygen atoms in total. The van der Waals surface area contributed by atoms with Crippen LogP contribution in [0.5, 0.6) is 0 Å². The van der Waals surface area contributed by atoms with Gasteiger partial charge in [-0.15, -0.1) is 11.3 Å². The van der Waals surface area contributed by atoms with Gasteiger partial charge in [-0.1, -0.05) is 19.9 Å². The Morgan fingerprint density at radius 2 is 1.93 bits per heavy atom. The highest BCUT2D eigenvalue weighted by Gasteiger charge is 2.40. The molecule has 1 unspecified atom stereocenters. The molecule has 1 saturated heterocycles. The number of likely N-dealkylation sites (tertiary alicyclic amines) is 1. The molecule has 0 spiro atoms. The van der Waals surface area contributed by atoms with Crippen LogP contribution in [-0.2, 0) is 27.1 Å². The molecule has 12 heteroatoms. The molecule has 3 aromatic heterocycles. The lowest BCUT2D eigenvalue weighted by atomic mass is 9.88. The molecule has 1 aromatic carbocycles. The third-order valence-electron chi connectivity index (χ3n) is 8.22. The summed E-state index contributed by atoms with van der Waals surface area (Å²) in [5.41, 5.74) is 2.26. The number of anilines is 3. The Bertz CT molecular complexity index is 1770. The van der Waals surface area contributed by atoms with Gasteiger partial charge in [0.2, 0.25) is 0 Å². The van der Waals surface area contributed by atoms with Gasteiger partial charge in [-0.05, 0) is 67.6 Å². The summed E-state index contributed by atoms with van der Waals surface area (Å²) in [5, 5.41) is 25.3. The van der Waals surface area contributed by atoms with Crippen molar-refractivity contribution in [3.63, 3.8) is 0 Å². The zero-order chi connectivity index (χ0) is 29.9. The van der Waals surface area contributed by atoms with Crippen LogP contribution in [0.2, 0.25) is 0 Å². The minimum atomic E-state index is -0.652. The van der Waals surface area contributed by atoms with Crippen LogP contribution in [0, 0.1) is 18.2 Å². The van der Waals surface area contributed by atoms with Crippen molar-refractivity contribution in [3.8, 4) is 11.3 Å². The van der Waals surface area contributed by atoms with E-state index in [4.69, 9.17) is 0 Å². The Balaban J connectivity index is 1.27. The molecule has 6 rings (SSSR count). The fourth-order valence-electron chi connectivity index (χ4n) is 5.51. The van der Waals surface area contributed by atoms with E-state index in [-0.39, 0.29) is 33.6 Å². The molecule has 1 amide bonds. The van der Waals surface area contributed by atoms with E-state index in [0.717, 1.165) is 40.5 Å². The van der Waals surface area contributed by atoms with Gasteiger partial charge in [-0.25, -0.2) is 9.07 Å². The molecule has 0 radical (unpaired) electrons. The van der Waals surface area contributed by atoms with Gasteiger partial charge in [0.25, 0.3) is 11.5 Å². The second-order valence-corrected chi connectivity index (χ2v) is 13.0. The summed E-state index contributed by atoms with van der Waals surface area (Å²) in [6.45, 7) is 8.59. The zero-order valence-electron chi connectivity index (χ0n) is 24.3. The summed E-state index contributed by atoms with van der Waals surface area (Å²) in [4.78, 5) is 29.8. The quantitative estimate of drug-likeness (QED) is 0.290. The number of benzene rings is 1.